The predicted octanol–water partition coefficient (Wildman–Crippen LogP) is 9.57. The number of hydrogen-bond acceptors (Lipinski definition) is 7. The number of halogens is 2. The van der Waals surface area contributed by atoms with Gasteiger partial charge in [-0.2, -0.15) is 36.8 Å². The van der Waals surface area contributed by atoms with Gasteiger partial charge >= 0.3 is 0 Å². The van der Waals surface area contributed by atoms with Crippen molar-refractivity contribution in [1.29, 1.82) is 36.8 Å². The average Bonchev–Trinajstić information content (AvgIpc) is 3.78. The highest BCUT2D eigenvalue weighted by molar-refractivity contribution is 6.34. The molecule has 7 rings (SSSR count). The van der Waals surface area contributed by atoms with E-state index in [1.165, 1.54) is 36.4 Å². The molecule has 0 saturated heterocycles. The Labute approximate surface area is 318 Å². The Morgan fingerprint density at radius 2 is 0.875 bits per heavy atom. The molecule has 0 unspecified atom stereocenters. The minimum atomic E-state index is -1.17. The van der Waals surface area contributed by atoms with Crippen molar-refractivity contribution in [3.63, 3.8) is 0 Å². The molecule has 0 N–H and O–H groups in total. The molecule has 2 aliphatic rings. The molecular formula is C46H16F2N8. The summed E-state index contributed by atoms with van der Waals surface area (Å²) in [6.07, 6.45) is 0. The fourth-order valence-corrected chi connectivity index (χ4v) is 7.20. The first kappa shape index (κ1) is 35.3. The average molecular weight is 719 g/mol. The second kappa shape index (κ2) is 14.1. The van der Waals surface area contributed by atoms with E-state index in [-0.39, 0.29) is 78.1 Å². The zero-order chi connectivity index (χ0) is 39.7. The lowest BCUT2D eigenvalue weighted by molar-refractivity contribution is 0.590. The molecule has 0 radical (unpaired) electrons. The summed E-state index contributed by atoms with van der Waals surface area (Å²) in [4.78, 5) is 3.74. The Kier molecular flexibility index (Phi) is 8.88. The van der Waals surface area contributed by atoms with Gasteiger partial charge in [0.1, 0.15) is 29.8 Å². The molecule has 2 aliphatic carbocycles. The minimum absolute atomic E-state index is 0.00590. The van der Waals surface area contributed by atoms with E-state index in [4.69, 9.17) is 6.57 Å². The van der Waals surface area contributed by atoms with Gasteiger partial charge in [-0.25, -0.2) is 13.6 Å². The van der Waals surface area contributed by atoms with E-state index in [0.29, 0.717) is 11.1 Å². The highest BCUT2D eigenvalue weighted by Gasteiger charge is 2.44. The van der Waals surface area contributed by atoms with Crippen LogP contribution in [0.5, 0.6) is 0 Å². The second-order valence-electron chi connectivity index (χ2n) is 12.3. The fourth-order valence-electron chi connectivity index (χ4n) is 7.20. The standard InChI is InChI=1S/C46H16F2N8/c1-56-46(32-16-27(20-51)13-28(17-32)21-52)43-37(30-10-6-3-7-11-30)35(24-55)40-42(43)45(48)41-38(33(22-53)31-14-25(18-49)12-26(15-31)19-50)36(29-8-4-2-5-9-29)34(23-54)39(41)44(40)47/h2-17H/b38-33+,46-43-. The van der Waals surface area contributed by atoms with E-state index >= 15 is 8.78 Å². The monoisotopic (exact) mass is 718 g/mol. The maximum Gasteiger partial charge on any atom is 0.202 e. The van der Waals surface area contributed by atoms with Gasteiger partial charge in [0.25, 0.3) is 0 Å². The number of allylic oxidation sites excluding steroid dienone is 7. The zero-order valence-electron chi connectivity index (χ0n) is 28.6. The predicted molar refractivity (Wildman–Crippen MR) is 202 cm³/mol. The van der Waals surface area contributed by atoms with Crippen LogP contribution in [0.3, 0.4) is 0 Å². The van der Waals surface area contributed by atoms with Crippen molar-refractivity contribution in [2.24, 2.45) is 0 Å². The van der Waals surface area contributed by atoms with E-state index in [9.17, 15) is 36.8 Å². The van der Waals surface area contributed by atoms with Crippen LogP contribution in [-0.2, 0) is 0 Å². The zero-order valence-corrected chi connectivity index (χ0v) is 28.6. The quantitative estimate of drug-likeness (QED) is 0.131. The van der Waals surface area contributed by atoms with Gasteiger partial charge in [0.05, 0.1) is 69.8 Å². The molecule has 8 nitrogen and oxygen atoms in total. The van der Waals surface area contributed by atoms with Crippen LogP contribution in [0.4, 0.5) is 8.78 Å². The number of fused-ring (bicyclic) bond motifs is 2. The summed E-state index contributed by atoms with van der Waals surface area (Å²) in [7, 11) is 0. The molecule has 0 saturated carbocycles. The summed E-state index contributed by atoms with van der Waals surface area (Å²) in [5.41, 5.74) is -3.03. The summed E-state index contributed by atoms with van der Waals surface area (Å²) in [6.45, 7) is 8.37. The number of hydrogen-bond donors (Lipinski definition) is 0. The van der Waals surface area contributed by atoms with E-state index in [1.54, 1.807) is 60.7 Å². The molecular weight excluding hydrogens is 703 g/mol. The van der Waals surface area contributed by atoms with Gasteiger partial charge < -0.3 is 0 Å². The molecule has 0 amide bonds. The third-order valence-electron chi connectivity index (χ3n) is 9.38. The van der Waals surface area contributed by atoms with Crippen molar-refractivity contribution in [3.8, 4) is 42.5 Å². The molecule has 56 heavy (non-hydrogen) atoms. The first-order valence-electron chi connectivity index (χ1n) is 16.4. The molecule has 0 aliphatic heterocycles. The van der Waals surface area contributed by atoms with Crippen LogP contribution in [0.25, 0.3) is 49.6 Å². The summed E-state index contributed by atoms with van der Waals surface area (Å²) >= 11 is 0. The summed E-state index contributed by atoms with van der Waals surface area (Å²) < 4.78 is 36.0. The van der Waals surface area contributed by atoms with Crippen molar-refractivity contribution in [2.75, 3.05) is 0 Å². The van der Waals surface area contributed by atoms with Crippen LogP contribution < -0.4 is 0 Å². The first-order chi connectivity index (χ1) is 27.3. The lowest BCUT2D eigenvalue weighted by atomic mass is 9.86. The lowest BCUT2D eigenvalue weighted by Crippen LogP contribution is -2.05. The number of nitrogens with zero attached hydrogens (tertiary/aromatic N) is 8. The highest BCUT2D eigenvalue weighted by Crippen LogP contribution is 2.58. The Hall–Kier alpha value is -9.16. The molecule has 5 aromatic rings. The van der Waals surface area contributed by atoms with E-state index in [2.05, 4.69) is 10.9 Å². The Morgan fingerprint density at radius 3 is 1.27 bits per heavy atom. The van der Waals surface area contributed by atoms with Crippen LogP contribution >= 0.6 is 0 Å². The lowest BCUT2D eigenvalue weighted by Gasteiger charge is -2.17. The topological polar surface area (TPSA) is 171 Å². The third-order valence-corrected chi connectivity index (χ3v) is 9.38. The number of rotatable bonds is 4. The summed E-state index contributed by atoms with van der Waals surface area (Å²) in [5, 5.41) is 71.4. The maximum atomic E-state index is 18.2. The molecule has 0 spiro atoms. The number of nitriles is 7. The van der Waals surface area contributed by atoms with E-state index in [0.717, 1.165) is 0 Å². The Balaban J connectivity index is 1.73. The minimum Gasteiger partial charge on any atom is -0.237 e. The molecule has 0 fully saturated rings. The highest BCUT2D eigenvalue weighted by atomic mass is 19.1. The largest absolute Gasteiger partial charge is 0.237 e. The van der Waals surface area contributed by atoms with E-state index < -0.39 is 33.9 Å². The fraction of sp³-hybridized carbons (Fsp3) is 0. The normalized spacial score (nSPS) is 14.0. The van der Waals surface area contributed by atoms with Crippen LogP contribution in [0.2, 0.25) is 0 Å². The van der Waals surface area contributed by atoms with Gasteiger partial charge in [-0.3, -0.25) is 0 Å². The molecule has 0 heterocycles. The van der Waals surface area contributed by atoms with Crippen molar-refractivity contribution in [3.05, 3.63) is 187 Å². The number of benzene rings is 5. The van der Waals surface area contributed by atoms with Gasteiger partial charge in [-0.05, 0) is 64.2 Å². The van der Waals surface area contributed by atoms with Crippen LogP contribution in [0.1, 0.15) is 66.8 Å². The molecule has 5 aromatic carbocycles. The first-order valence-corrected chi connectivity index (χ1v) is 16.4. The van der Waals surface area contributed by atoms with Gasteiger partial charge in [0.15, 0.2) is 0 Å². The van der Waals surface area contributed by atoms with Gasteiger partial charge in [-0.15, -0.1) is 0 Å². The van der Waals surface area contributed by atoms with Crippen molar-refractivity contribution >= 4 is 44.7 Å². The molecule has 0 aromatic heterocycles. The molecule has 0 bridgehead atoms. The second-order valence-corrected chi connectivity index (χ2v) is 12.3. The van der Waals surface area contributed by atoms with Gasteiger partial charge in [-0.1, -0.05) is 60.7 Å². The van der Waals surface area contributed by atoms with Crippen molar-refractivity contribution in [1.82, 2.24) is 0 Å². The summed E-state index contributed by atoms with van der Waals surface area (Å²) in [5.74, 6) is -2.33. The van der Waals surface area contributed by atoms with Gasteiger partial charge in [0.2, 0.25) is 5.70 Å². The smallest absolute Gasteiger partial charge is 0.202 e. The molecule has 10 heteroatoms. The molecule has 0 atom stereocenters. The van der Waals surface area contributed by atoms with Crippen LogP contribution in [0.15, 0.2) is 97.1 Å². The Bertz CT molecular complexity index is 2840. The molecule has 254 valence electrons. The van der Waals surface area contributed by atoms with Gasteiger partial charge in [0, 0.05) is 39.0 Å². The summed E-state index contributed by atoms with van der Waals surface area (Å²) in [6, 6.07) is 38.1. The van der Waals surface area contributed by atoms with E-state index in [1.807, 2.05) is 36.4 Å². The Morgan fingerprint density at radius 1 is 0.482 bits per heavy atom. The maximum absolute atomic E-state index is 18.2. The van der Waals surface area contributed by atoms with Crippen molar-refractivity contribution < 1.29 is 8.78 Å². The van der Waals surface area contributed by atoms with Crippen LogP contribution in [-0.4, -0.2) is 0 Å². The van der Waals surface area contributed by atoms with Crippen LogP contribution in [0, 0.1) is 97.5 Å². The van der Waals surface area contributed by atoms with Crippen molar-refractivity contribution in [2.45, 2.75) is 0 Å². The SMILES string of the molecule is [C-]#[N+]/C(=C1/C(c2ccccc2)=C(C#N)c2c(F)c3c(c(F)c21)/C(=C(\C#N)c1cc(C#N)cc(C#N)c1)C(c1ccccc1)=C3C#N)c1cc(C#N)cc(C#N)c1. The third kappa shape index (κ3) is 5.36.